The summed E-state index contributed by atoms with van der Waals surface area (Å²) >= 11 is 1.53. The van der Waals surface area contributed by atoms with Crippen molar-refractivity contribution < 1.29 is 14.3 Å². The number of nitrogens with zero attached hydrogens (tertiary/aromatic N) is 3. The van der Waals surface area contributed by atoms with Crippen LogP contribution in [0.1, 0.15) is 23.5 Å². The molecule has 1 aromatic heterocycles. The Morgan fingerprint density at radius 3 is 2.34 bits per heavy atom. The number of hydrogen-bond donors (Lipinski definition) is 0. The van der Waals surface area contributed by atoms with Crippen LogP contribution < -0.4 is 9.47 Å². The van der Waals surface area contributed by atoms with E-state index in [9.17, 15) is 4.79 Å². The number of ether oxygens (including phenoxy) is 2. The number of amides is 1. The third-order valence-electron chi connectivity index (χ3n) is 5.61. The second kappa shape index (κ2) is 13.9. The topological polar surface area (TPSA) is 45.2 Å². The van der Waals surface area contributed by atoms with Gasteiger partial charge in [0.2, 0.25) is 0 Å². The number of likely N-dealkylation sites (N-methyl/N-ethyl adjacent to an activating group) is 2. The van der Waals surface area contributed by atoms with Gasteiger partial charge in [-0.2, -0.15) is 0 Å². The van der Waals surface area contributed by atoms with Crippen molar-refractivity contribution in [1.29, 1.82) is 0 Å². The quantitative estimate of drug-likeness (QED) is 0.508. The maximum Gasteiger partial charge on any atom is 0.264 e. The van der Waals surface area contributed by atoms with Crippen molar-refractivity contribution in [2.75, 3.05) is 66.6 Å². The molecule has 1 aliphatic rings. The molecular weight excluding hydrogens is 469 g/mol. The molecule has 2 aromatic rings. The minimum absolute atomic E-state index is 0. The van der Waals surface area contributed by atoms with E-state index in [0.717, 1.165) is 66.9 Å². The van der Waals surface area contributed by atoms with E-state index < -0.39 is 0 Å². The Hall–Kier alpha value is -1.51. The Labute approximate surface area is 208 Å². The number of thiophene rings is 1. The molecule has 0 N–H and O–H groups in total. The smallest absolute Gasteiger partial charge is 0.264 e. The maximum absolute atomic E-state index is 12.8. The first-order valence-corrected chi connectivity index (χ1v) is 11.5. The number of carbonyl (C=O) groups is 1. The summed E-state index contributed by atoms with van der Waals surface area (Å²) in [7, 11) is 3.75. The Balaban J connectivity index is 0.00000256. The van der Waals surface area contributed by atoms with Crippen molar-refractivity contribution in [2.45, 2.75) is 13.8 Å². The number of rotatable bonds is 9. The lowest BCUT2D eigenvalue weighted by molar-refractivity contribution is 0.0669. The Morgan fingerprint density at radius 1 is 1.03 bits per heavy atom. The molecule has 2 heterocycles. The highest BCUT2D eigenvalue weighted by atomic mass is 35.5. The summed E-state index contributed by atoms with van der Waals surface area (Å²) < 4.78 is 11.5. The largest absolute Gasteiger partial charge is 0.493 e. The van der Waals surface area contributed by atoms with Gasteiger partial charge in [0.05, 0.1) is 12.0 Å². The molecule has 32 heavy (non-hydrogen) atoms. The van der Waals surface area contributed by atoms with Crippen LogP contribution >= 0.6 is 36.2 Å². The van der Waals surface area contributed by atoms with Gasteiger partial charge in [0, 0.05) is 37.6 Å². The summed E-state index contributed by atoms with van der Waals surface area (Å²) in [4.78, 5) is 21.2. The minimum atomic E-state index is 0. The number of carbonyl (C=O) groups excluding carboxylic acids is 1. The molecular formula is C23H35Cl2N3O3S. The van der Waals surface area contributed by atoms with E-state index in [1.807, 2.05) is 35.2 Å². The third-order valence-corrected chi connectivity index (χ3v) is 6.74. The van der Waals surface area contributed by atoms with Crippen LogP contribution in [-0.2, 0) is 0 Å². The van der Waals surface area contributed by atoms with Crippen molar-refractivity contribution in [1.82, 2.24) is 14.7 Å². The standard InChI is InChI=1S/C23H33N3O3S.2ClH/c1-5-25(6-2)15-16-29-19-8-7-18(17-20(19)28-4)21-9-10-22(30-21)23(27)26-13-11-24(3)12-14-26;;/h7-10,17H,5-6,11-16H2,1-4H3;2*1H. The van der Waals surface area contributed by atoms with Gasteiger partial charge in [-0.05, 0) is 56.0 Å². The fourth-order valence-corrected chi connectivity index (χ4v) is 4.51. The fraction of sp³-hybridized carbons (Fsp3) is 0.522. The molecule has 1 aliphatic heterocycles. The Bertz CT molecular complexity index is 838. The molecule has 0 unspecified atom stereocenters. The molecule has 1 aromatic carbocycles. The molecule has 6 nitrogen and oxygen atoms in total. The van der Waals surface area contributed by atoms with Gasteiger partial charge in [0.25, 0.3) is 5.91 Å². The van der Waals surface area contributed by atoms with E-state index in [2.05, 4.69) is 30.7 Å². The zero-order chi connectivity index (χ0) is 21.5. The fourth-order valence-electron chi connectivity index (χ4n) is 3.54. The van der Waals surface area contributed by atoms with Crippen LogP contribution in [0.2, 0.25) is 0 Å². The highest BCUT2D eigenvalue weighted by molar-refractivity contribution is 7.17. The van der Waals surface area contributed by atoms with Gasteiger partial charge >= 0.3 is 0 Å². The summed E-state index contributed by atoms with van der Waals surface area (Å²) in [6.07, 6.45) is 0. The predicted octanol–water partition coefficient (Wildman–Crippen LogP) is 4.38. The monoisotopic (exact) mass is 503 g/mol. The van der Waals surface area contributed by atoms with Crippen LogP contribution in [0.5, 0.6) is 11.5 Å². The van der Waals surface area contributed by atoms with E-state index in [0.29, 0.717) is 12.4 Å². The van der Waals surface area contributed by atoms with Gasteiger partial charge in [-0.25, -0.2) is 0 Å². The van der Waals surface area contributed by atoms with Crippen molar-refractivity contribution in [3.63, 3.8) is 0 Å². The van der Waals surface area contributed by atoms with Gasteiger partial charge in [-0.3, -0.25) is 4.79 Å². The summed E-state index contributed by atoms with van der Waals surface area (Å²) in [5.74, 6) is 1.59. The Kier molecular flexibility index (Phi) is 12.4. The number of methoxy groups -OCH3 is 1. The van der Waals surface area contributed by atoms with Crippen LogP contribution in [0.3, 0.4) is 0 Å². The van der Waals surface area contributed by atoms with Crippen molar-refractivity contribution >= 4 is 42.1 Å². The lowest BCUT2D eigenvalue weighted by Gasteiger charge is -2.32. The first-order chi connectivity index (χ1) is 14.5. The third kappa shape index (κ3) is 7.25. The van der Waals surface area contributed by atoms with Crippen LogP contribution in [-0.4, -0.2) is 87.2 Å². The van der Waals surface area contributed by atoms with E-state index in [4.69, 9.17) is 9.47 Å². The van der Waals surface area contributed by atoms with Gasteiger partial charge in [-0.15, -0.1) is 36.2 Å². The molecule has 9 heteroatoms. The second-order valence-corrected chi connectivity index (χ2v) is 8.58. The van der Waals surface area contributed by atoms with Crippen LogP contribution in [0.4, 0.5) is 0 Å². The predicted molar refractivity (Wildman–Crippen MR) is 137 cm³/mol. The average molecular weight is 505 g/mol. The molecule has 1 saturated heterocycles. The number of hydrogen-bond acceptors (Lipinski definition) is 6. The molecule has 180 valence electrons. The van der Waals surface area contributed by atoms with E-state index in [1.165, 1.54) is 11.3 Å². The van der Waals surface area contributed by atoms with E-state index >= 15 is 0 Å². The lowest BCUT2D eigenvalue weighted by Crippen LogP contribution is -2.46. The molecule has 1 fully saturated rings. The first kappa shape index (κ1) is 28.5. The summed E-state index contributed by atoms with van der Waals surface area (Å²) in [6, 6.07) is 9.93. The minimum Gasteiger partial charge on any atom is -0.493 e. The molecule has 0 radical (unpaired) electrons. The summed E-state index contributed by atoms with van der Waals surface area (Å²) in [5.41, 5.74) is 1.03. The van der Waals surface area contributed by atoms with Gasteiger partial charge in [0.15, 0.2) is 11.5 Å². The number of piperazine rings is 1. The highest BCUT2D eigenvalue weighted by Gasteiger charge is 2.22. The zero-order valence-corrected chi connectivity index (χ0v) is 21.8. The van der Waals surface area contributed by atoms with Crippen LogP contribution in [0.15, 0.2) is 30.3 Å². The Morgan fingerprint density at radius 2 is 1.72 bits per heavy atom. The molecule has 0 bridgehead atoms. The molecule has 0 aliphatic carbocycles. The number of benzene rings is 1. The van der Waals surface area contributed by atoms with E-state index in [-0.39, 0.29) is 30.7 Å². The maximum atomic E-state index is 12.8. The molecule has 0 atom stereocenters. The molecule has 0 saturated carbocycles. The van der Waals surface area contributed by atoms with Crippen molar-refractivity contribution in [3.8, 4) is 21.9 Å². The van der Waals surface area contributed by atoms with Crippen molar-refractivity contribution in [3.05, 3.63) is 35.2 Å². The summed E-state index contributed by atoms with van der Waals surface area (Å²) in [6.45, 7) is 11.3. The molecule has 0 spiro atoms. The lowest BCUT2D eigenvalue weighted by atomic mass is 10.1. The number of halogens is 2. The first-order valence-electron chi connectivity index (χ1n) is 10.7. The molecule has 1 amide bonds. The van der Waals surface area contributed by atoms with Crippen LogP contribution in [0, 0.1) is 0 Å². The van der Waals surface area contributed by atoms with Gasteiger partial charge in [0.1, 0.15) is 6.61 Å². The van der Waals surface area contributed by atoms with Gasteiger partial charge in [-0.1, -0.05) is 13.8 Å². The van der Waals surface area contributed by atoms with Crippen molar-refractivity contribution in [2.24, 2.45) is 0 Å². The highest BCUT2D eigenvalue weighted by Crippen LogP contribution is 2.36. The SMILES string of the molecule is CCN(CC)CCOc1ccc(-c2ccc(C(=O)N3CCN(C)CC3)s2)cc1OC.Cl.Cl. The second-order valence-electron chi connectivity index (χ2n) is 7.50. The zero-order valence-electron chi connectivity index (χ0n) is 19.3. The normalized spacial score (nSPS) is 14.0. The average Bonchev–Trinajstić information content (AvgIpc) is 3.27. The van der Waals surface area contributed by atoms with Gasteiger partial charge < -0.3 is 24.2 Å². The van der Waals surface area contributed by atoms with E-state index in [1.54, 1.807) is 7.11 Å². The van der Waals surface area contributed by atoms with Crippen LogP contribution in [0.25, 0.3) is 10.4 Å². The summed E-state index contributed by atoms with van der Waals surface area (Å²) in [5, 5.41) is 0. The molecule has 3 rings (SSSR count).